The first kappa shape index (κ1) is 17.2. The highest BCUT2D eigenvalue weighted by atomic mass is 16.4. The van der Waals surface area contributed by atoms with Gasteiger partial charge in [0.2, 0.25) is 0 Å². The van der Waals surface area contributed by atoms with Crippen molar-refractivity contribution in [2.75, 3.05) is 16.8 Å². The Morgan fingerprint density at radius 2 is 1.27 bits per heavy atom. The van der Waals surface area contributed by atoms with Gasteiger partial charge in [0.25, 0.3) is 5.91 Å². The van der Waals surface area contributed by atoms with Crippen LogP contribution < -0.4 is 10.2 Å². The van der Waals surface area contributed by atoms with E-state index in [2.05, 4.69) is 5.32 Å². The van der Waals surface area contributed by atoms with Crippen LogP contribution in [0.3, 0.4) is 0 Å². The van der Waals surface area contributed by atoms with Gasteiger partial charge < -0.3 is 10.4 Å². The van der Waals surface area contributed by atoms with E-state index in [0.29, 0.717) is 5.69 Å². The zero-order chi connectivity index (χ0) is 18.4. The molecule has 0 aromatic heterocycles. The van der Waals surface area contributed by atoms with E-state index in [0.717, 1.165) is 11.4 Å². The molecule has 0 aliphatic carbocycles. The maximum absolute atomic E-state index is 12.9. The van der Waals surface area contributed by atoms with Gasteiger partial charge in [-0.05, 0) is 48.5 Å². The van der Waals surface area contributed by atoms with Crippen molar-refractivity contribution in [3.05, 3.63) is 90.5 Å². The van der Waals surface area contributed by atoms with Gasteiger partial charge in [-0.25, -0.2) is 4.79 Å². The monoisotopic (exact) mass is 346 g/mol. The summed E-state index contributed by atoms with van der Waals surface area (Å²) >= 11 is 0. The summed E-state index contributed by atoms with van der Waals surface area (Å²) < 4.78 is 0. The maximum atomic E-state index is 12.9. The van der Waals surface area contributed by atoms with Crippen molar-refractivity contribution in [3.63, 3.8) is 0 Å². The number of nitrogens with one attached hydrogen (secondary N) is 1. The summed E-state index contributed by atoms with van der Waals surface area (Å²) in [6.07, 6.45) is 0. The number of nitrogens with zero attached hydrogens (tertiary/aromatic N) is 1. The van der Waals surface area contributed by atoms with Gasteiger partial charge in [0.1, 0.15) is 0 Å². The molecule has 26 heavy (non-hydrogen) atoms. The predicted molar refractivity (Wildman–Crippen MR) is 102 cm³/mol. The van der Waals surface area contributed by atoms with E-state index in [-0.39, 0.29) is 18.0 Å². The molecule has 130 valence electrons. The van der Waals surface area contributed by atoms with E-state index in [1.54, 1.807) is 17.0 Å². The Morgan fingerprint density at radius 1 is 0.769 bits per heavy atom. The summed E-state index contributed by atoms with van der Waals surface area (Å²) in [6.45, 7) is 0.0796. The maximum Gasteiger partial charge on any atom is 0.335 e. The first-order valence-electron chi connectivity index (χ1n) is 8.15. The number of hydrogen-bond acceptors (Lipinski definition) is 3. The quantitative estimate of drug-likeness (QED) is 0.703. The molecule has 0 aliphatic heterocycles. The van der Waals surface area contributed by atoms with E-state index in [1.165, 1.54) is 12.1 Å². The molecule has 5 nitrogen and oxygen atoms in total. The summed E-state index contributed by atoms with van der Waals surface area (Å²) in [5.74, 6) is -1.10. The Kier molecular flexibility index (Phi) is 5.29. The highest BCUT2D eigenvalue weighted by Crippen LogP contribution is 2.25. The predicted octanol–water partition coefficient (Wildman–Crippen LogP) is 4.16. The fourth-order valence-corrected chi connectivity index (χ4v) is 2.58. The largest absolute Gasteiger partial charge is 0.478 e. The first-order chi connectivity index (χ1) is 12.6. The average Bonchev–Trinajstić information content (AvgIpc) is 2.68. The minimum Gasteiger partial charge on any atom is -0.478 e. The van der Waals surface area contributed by atoms with Gasteiger partial charge in [0.05, 0.1) is 12.1 Å². The minimum atomic E-state index is -0.980. The zero-order valence-corrected chi connectivity index (χ0v) is 14.0. The van der Waals surface area contributed by atoms with E-state index in [4.69, 9.17) is 5.11 Å². The van der Waals surface area contributed by atoms with Gasteiger partial charge in [-0.2, -0.15) is 0 Å². The molecule has 3 rings (SSSR count). The lowest BCUT2D eigenvalue weighted by molar-refractivity contribution is -0.116. The number of rotatable bonds is 6. The second kappa shape index (κ2) is 7.98. The molecule has 0 bridgehead atoms. The lowest BCUT2D eigenvalue weighted by Crippen LogP contribution is -2.31. The fraction of sp³-hybridized carbons (Fsp3) is 0.0476. The number of hydrogen-bond donors (Lipinski definition) is 2. The minimum absolute atomic E-state index is 0.0796. The van der Waals surface area contributed by atoms with Crippen LogP contribution in [0.4, 0.5) is 17.1 Å². The Morgan fingerprint density at radius 3 is 1.73 bits per heavy atom. The van der Waals surface area contributed by atoms with E-state index in [1.807, 2.05) is 60.7 Å². The third-order valence-electron chi connectivity index (χ3n) is 3.85. The third kappa shape index (κ3) is 4.08. The average molecular weight is 346 g/mol. The normalized spacial score (nSPS) is 10.2. The third-order valence-corrected chi connectivity index (χ3v) is 3.85. The molecule has 0 fully saturated rings. The van der Waals surface area contributed by atoms with Crippen molar-refractivity contribution in [3.8, 4) is 0 Å². The number of benzene rings is 3. The van der Waals surface area contributed by atoms with Crippen LogP contribution in [0.25, 0.3) is 0 Å². The summed E-state index contributed by atoms with van der Waals surface area (Å²) in [6, 6.07) is 25.2. The molecule has 0 aliphatic rings. The first-order valence-corrected chi connectivity index (χ1v) is 8.15. The smallest absolute Gasteiger partial charge is 0.335 e. The van der Waals surface area contributed by atoms with Crippen molar-refractivity contribution in [1.82, 2.24) is 0 Å². The van der Waals surface area contributed by atoms with Crippen molar-refractivity contribution in [2.24, 2.45) is 0 Å². The van der Waals surface area contributed by atoms with Crippen LogP contribution in [-0.4, -0.2) is 23.5 Å². The number of carbonyl (C=O) groups is 2. The van der Waals surface area contributed by atoms with E-state index in [9.17, 15) is 9.59 Å². The van der Waals surface area contributed by atoms with Crippen molar-refractivity contribution >= 4 is 28.9 Å². The topological polar surface area (TPSA) is 69.6 Å². The Balaban J connectivity index is 1.77. The van der Waals surface area contributed by atoms with Crippen LogP contribution in [-0.2, 0) is 4.79 Å². The molecule has 2 N–H and O–H groups in total. The summed E-state index contributed by atoms with van der Waals surface area (Å²) in [5.41, 5.74) is 2.46. The second-order valence-electron chi connectivity index (χ2n) is 5.64. The summed E-state index contributed by atoms with van der Waals surface area (Å²) in [5, 5.41) is 12.0. The molecule has 0 unspecified atom stereocenters. The van der Waals surface area contributed by atoms with Crippen molar-refractivity contribution in [2.45, 2.75) is 0 Å². The van der Waals surface area contributed by atoms with Gasteiger partial charge in [-0.1, -0.05) is 36.4 Å². The highest BCUT2D eigenvalue weighted by molar-refractivity contribution is 6.02. The van der Waals surface area contributed by atoms with Crippen LogP contribution in [0.15, 0.2) is 84.9 Å². The number of para-hydroxylation sites is 2. The van der Waals surface area contributed by atoms with Crippen molar-refractivity contribution in [1.29, 1.82) is 0 Å². The standard InChI is InChI=1S/C21H18N2O3/c24-20(15-22-17-13-11-16(12-14-17)21(25)26)23(18-7-3-1-4-8-18)19-9-5-2-6-10-19/h1-14,22H,15H2,(H,25,26). The molecule has 0 radical (unpaired) electrons. The van der Waals surface area contributed by atoms with Crippen LogP contribution in [0, 0.1) is 0 Å². The number of carbonyl (C=O) groups excluding carboxylic acids is 1. The molecular weight excluding hydrogens is 328 g/mol. The Hall–Kier alpha value is -3.60. The van der Waals surface area contributed by atoms with Crippen LogP contribution in [0.5, 0.6) is 0 Å². The molecule has 0 heterocycles. The van der Waals surface area contributed by atoms with Gasteiger partial charge in [-0.15, -0.1) is 0 Å². The molecule has 0 saturated carbocycles. The SMILES string of the molecule is O=C(O)c1ccc(NCC(=O)N(c2ccccc2)c2ccccc2)cc1. The van der Waals surface area contributed by atoms with Crippen LogP contribution in [0.2, 0.25) is 0 Å². The number of carboxylic acid groups (broad SMARTS) is 1. The van der Waals surface area contributed by atoms with Crippen molar-refractivity contribution < 1.29 is 14.7 Å². The molecule has 3 aromatic carbocycles. The fourth-order valence-electron chi connectivity index (χ4n) is 2.58. The Bertz CT molecular complexity index is 839. The van der Waals surface area contributed by atoms with Gasteiger partial charge in [0, 0.05) is 17.1 Å². The second-order valence-corrected chi connectivity index (χ2v) is 5.64. The van der Waals surface area contributed by atoms with Crippen LogP contribution >= 0.6 is 0 Å². The number of amides is 1. The lowest BCUT2D eigenvalue weighted by atomic mass is 10.2. The number of aromatic carboxylic acids is 1. The Labute approximate surface area is 151 Å². The van der Waals surface area contributed by atoms with E-state index < -0.39 is 5.97 Å². The molecule has 0 atom stereocenters. The summed E-state index contributed by atoms with van der Waals surface area (Å²) in [4.78, 5) is 25.4. The van der Waals surface area contributed by atoms with Gasteiger partial charge in [0.15, 0.2) is 0 Å². The molecule has 0 spiro atoms. The molecule has 5 heteroatoms. The molecule has 0 saturated heterocycles. The molecule has 3 aromatic rings. The van der Waals surface area contributed by atoms with Crippen LogP contribution in [0.1, 0.15) is 10.4 Å². The molecule has 1 amide bonds. The van der Waals surface area contributed by atoms with Gasteiger partial charge >= 0.3 is 5.97 Å². The highest BCUT2D eigenvalue weighted by Gasteiger charge is 2.17. The van der Waals surface area contributed by atoms with E-state index >= 15 is 0 Å². The molecular formula is C21H18N2O3. The lowest BCUT2D eigenvalue weighted by Gasteiger charge is -2.23. The number of anilines is 3. The van der Waals surface area contributed by atoms with Gasteiger partial charge in [-0.3, -0.25) is 9.69 Å². The zero-order valence-electron chi connectivity index (χ0n) is 14.0. The summed E-state index contributed by atoms with van der Waals surface area (Å²) in [7, 11) is 0. The number of carboxylic acids is 1.